The van der Waals surface area contributed by atoms with Crippen LogP contribution in [0.5, 0.6) is 0 Å². The molecule has 0 atom stereocenters. The second kappa shape index (κ2) is 7.93. The summed E-state index contributed by atoms with van der Waals surface area (Å²) in [5, 5.41) is 0. The molecular formula is C16H18O4S. The van der Waals surface area contributed by atoms with E-state index in [2.05, 4.69) is 0 Å². The van der Waals surface area contributed by atoms with E-state index in [0.717, 1.165) is 5.56 Å². The number of rotatable bonds is 8. The van der Waals surface area contributed by atoms with Gasteiger partial charge in [-0.1, -0.05) is 60.7 Å². The van der Waals surface area contributed by atoms with Gasteiger partial charge in [0.05, 0.1) is 19.8 Å². The molecule has 4 nitrogen and oxygen atoms in total. The van der Waals surface area contributed by atoms with Crippen LogP contribution in [0.4, 0.5) is 0 Å². The zero-order chi connectivity index (χ0) is 15.0. The molecule has 0 heterocycles. The first-order valence-corrected chi connectivity index (χ1v) is 8.26. The van der Waals surface area contributed by atoms with Gasteiger partial charge in [0.25, 0.3) is 10.1 Å². The Balaban J connectivity index is 1.68. The minimum absolute atomic E-state index is 0.0298. The molecule has 0 aliphatic carbocycles. The molecule has 0 radical (unpaired) electrons. The van der Waals surface area contributed by atoms with Gasteiger partial charge in [0.1, 0.15) is 5.75 Å². The normalized spacial score (nSPS) is 11.4. The van der Waals surface area contributed by atoms with Crippen LogP contribution in [0.25, 0.3) is 0 Å². The van der Waals surface area contributed by atoms with E-state index in [1.807, 2.05) is 36.4 Å². The van der Waals surface area contributed by atoms with Crippen molar-refractivity contribution in [2.45, 2.75) is 12.4 Å². The summed E-state index contributed by atoms with van der Waals surface area (Å²) >= 11 is 0. The number of ether oxygens (including phenoxy) is 1. The van der Waals surface area contributed by atoms with Crippen LogP contribution in [0.15, 0.2) is 60.7 Å². The summed E-state index contributed by atoms with van der Waals surface area (Å²) in [6, 6.07) is 18.7. The fourth-order valence-corrected chi connectivity index (χ4v) is 2.81. The van der Waals surface area contributed by atoms with E-state index < -0.39 is 10.1 Å². The molecule has 2 aromatic rings. The minimum atomic E-state index is -3.56. The fourth-order valence-electron chi connectivity index (χ4n) is 1.80. The highest BCUT2D eigenvalue weighted by Gasteiger charge is 2.11. The van der Waals surface area contributed by atoms with Crippen molar-refractivity contribution >= 4 is 10.1 Å². The van der Waals surface area contributed by atoms with Crippen LogP contribution in [0.2, 0.25) is 0 Å². The highest BCUT2D eigenvalue weighted by atomic mass is 32.2. The van der Waals surface area contributed by atoms with Crippen molar-refractivity contribution in [1.29, 1.82) is 0 Å². The predicted molar refractivity (Wildman–Crippen MR) is 81.1 cm³/mol. The van der Waals surface area contributed by atoms with Crippen LogP contribution < -0.4 is 0 Å². The van der Waals surface area contributed by atoms with Crippen LogP contribution in [0, 0.1) is 0 Å². The summed E-state index contributed by atoms with van der Waals surface area (Å²) in [5.74, 6) is -0.119. The molecule has 0 bridgehead atoms. The van der Waals surface area contributed by atoms with Crippen LogP contribution >= 0.6 is 0 Å². The van der Waals surface area contributed by atoms with Gasteiger partial charge < -0.3 is 4.74 Å². The van der Waals surface area contributed by atoms with Gasteiger partial charge in [-0.25, -0.2) is 0 Å². The maximum absolute atomic E-state index is 11.8. The summed E-state index contributed by atoms with van der Waals surface area (Å²) in [6.07, 6.45) is 0. The van der Waals surface area contributed by atoms with Crippen LogP contribution in [-0.2, 0) is 31.4 Å². The largest absolute Gasteiger partial charge is 0.374 e. The van der Waals surface area contributed by atoms with E-state index in [1.165, 1.54) is 0 Å². The number of benzene rings is 2. The Morgan fingerprint density at radius 3 is 1.95 bits per heavy atom. The molecule has 0 aliphatic heterocycles. The molecule has 0 saturated carbocycles. The summed E-state index contributed by atoms with van der Waals surface area (Å²) < 4.78 is 33.8. The van der Waals surface area contributed by atoms with Gasteiger partial charge in [-0.3, -0.25) is 4.18 Å². The summed E-state index contributed by atoms with van der Waals surface area (Å²) in [7, 11) is -3.56. The minimum Gasteiger partial charge on any atom is -0.374 e. The molecule has 21 heavy (non-hydrogen) atoms. The van der Waals surface area contributed by atoms with Crippen molar-refractivity contribution in [2.24, 2.45) is 0 Å². The van der Waals surface area contributed by atoms with Gasteiger partial charge in [-0.05, 0) is 11.1 Å². The highest BCUT2D eigenvalue weighted by Crippen LogP contribution is 2.07. The second-order valence-corrected chi connectivity index (χ2v) is 6.19. The van der Waals surface area contributed by atoms with Crippen molar-refractivity contribution in [3.63, 3.8) is 0 Å². The second-order valence-electron chi connectivity index (χ2n) is 4.55. The summed E-state index contributed by atoms with van der Waals surface area (Å²) in [6.45, 7) is 0.716. The van der Waals surface area contributed by atoms with Crippen molar-refractivity contribution < 1.29 is 17.3 Å². The van der Waals surface area contributed by atoms with Crippen molar-refractivity contribution in [3.8, 4) is 0 Å². The van der Waals surface area contributed by atoms with Crippen LogP contribution in [0.1, 0.15) is 11.1 Å². The standard InChI is InChI=1S/C16H18O4S/c17-21(18,14-16-9-5-2-6-10-16)20-12-11-19-13-15-7-3-1-4-8-15/h1-10H,11-14H2. The zero-order valence-corrected chi connectivity index (χ0v) is 12.5. The molecule has 0 N–H and O–H groups in total. The molecule has 112 valence electrons. The van der Waals surface area contributed by atoms with E-state index in [4.69, 9.17) is 8.92 Å². The lowest BCUT2D eigenvalue weighted by Gasteiger charge is -2.07. The lowest BCUT2D eigenvalue weighted by molar-refractivity contribution is 0.0907. The molecule has 0 spiro atoms. The van der Waals surface area contributed by atoms with Gasteiger partial charge in [-0.2, -0.15) is 8.42 Å². The Labute approximate surface area is 125 Å². The lowest BCUT2D eigenvalue weighted by Crippen LogP contribution is -2.13. The zero-order valence-electron chi connectivity index (χ0n) is 11.6. The highest BCUT2D eigenvalue weighted by molar-refractivity contribution is 7.85. The molecule has 0 saturated heterocycles. The summed E-state index contributed by atoms with van der Waals surface area (Å²) in [5.41, 5.74) is 1.76. The van der Waals surface area contributed by atoms with Crippen molar-refractivity contribution in [3.05, 3.63) is 71.8 Å². The third kappa shape index (κ3) is 6.08. The van der Waals surface area contributed by atoms with Crippen LogP contribution in [0.3, 0.4) is 0 Å². The van der Waals surface area contributed by atoms with E-state index in [1.54, 1.807) is 24.3 Å². The Morgan fingerprint density at radius 2 is 1.33 bits per heavy atom. The molecule has 0 amide bonds. The van der Waals surface area contributed by atoms with E-state index >= 15 is 0 Å². The molecule has 0 unspecified atom stereocenters. The third-order valence-electron chi connectivity index (χ3n) is 2.79. The molecular weight excluding hydrogens is 288 g/mol. The molecule has 0 aromatic heterocycles. The smallest absolute Gasteiger partial charge is 0.271 e. The Bertz CT molecular complexity index is 624. The monoisotopic (exact) mass is 306 g/mol. The van der Waals surface area contributed by atoms with Crippen LogP contribution in [-0.4, -0.2) is 21.6 Å². The fraction of sp³-hybridized carbons (Fsp3) is 0.250. The molecule has 2 rings (SSSR count). The van der Waals surface area contributed by atoms with Crippen molar-refractivity contribution in [2.75, 3.05) is 13.2 Å². The lowest BCUT2D eigenvalue weighted by atomic mass is 10.2. The Morgan fingerprint density at radius 1 is 0.762 bits per heavy atom. The Hall–Kier alpha value is -1.69. The maximum atomic E-state index is 11.8. The van der Waals surface area contributed by atoms with Gasteiger partial charge in [0.15, 0.2) is 0 Å². The quantitative estimate of drug-likeness (QED) is 0.556. The first kappa shape index (κ1) is 15.7. The Kier molecular flexibility index (Phi) is 5.92. The van der Waals surface area contributed by atoms with E-state index in [0.29, 0.717) is 12.2 Å². The van der Waals surface area contributed by atoms with E-state index in [9.17, 15) is 8.42 Å². The third-order valence-corrected chi connectivity index (χ3v) is 4.00. The molecule has 5 heteroatoms. The van der Waals surface area contributed by atoms with Gasteiger partial charge >= 0.3 is 0 Å². The average molecular weight is 306 g/mol. The molecule has 0 fully saturated rings. The first-order valence-electron chi connectivity index (χ1n) is 6.68. The van der Waals surface area contributed by atoms with Gasteiger partial charge in [-0.15, -0.1) is 0 Å². The SMILES string of the molecule is O=S(=O)(Cc1ccccc1)OCCOCc1ccccc1. The molecule has 0 aliphatic rings. The average Bonchev–Trinajstić information content (AvgIpc) is 2.48. The number of hydrogen-bond acceptors (Lipinski definition) is 4. The first-order chi connectivity index (χ1) is 10.2. The summed E-state index contributed by atoms with van der Waals surface area (Å²) in [4.78, 5) is 0. The van der Waals surface area contributed by atoms with Gasteiger partial charge in [0, 0.05) is 0 Å². The molecule has 2 aromatic carbocycles. The van der Waals surface area contributed by atoms with Gasteiger partial charge in [0.2, 0.25) is 0 Å². The maximum Gasteiger partial charge on any atom is 0.271 e. The predicted octanol–water partition coefficient (Wildman–Crippen LogP) is 2.75. The number of hydrogen-bond donors (Lipinski definition) is 0. The van der Waals surface area contributed by atoms with E-state index in [-0.39, 0.29) is 19.0 Å². The van der Waals surface area contributed by atoms with Crippen molar-refractivity contribution in [1.82, 2.24) is 0 Å². The topological polar surface area (TPSA) is 52.6 Å².